The van der Waals surface area contributed by atoms with Gasteiger partial charge in [-0.3, -0.25) is 0 Å². The highest BCUT2D eigenvalue weighted by atomic mass is 28.4. The third kappa shape index (κ3) is 11.0. The van der Waals surface area contributed by atoms with Gasteiger partial charge in [-0.1, -0.05) is 61.7 Å². The lowest BCUT2D eigenvalue weighted by atomic mass is 10.1. The SMILES string of the molecule is C=CC(=O)OCc1ccc(CC[Si](C)(CCc2ccc(COC(=O)C=C)cc2)O[Si](C)(C)C)cc1. The summed E-state index contributed by atoms with van der Waals surface area (Å²) in [5.74, 6) is -0.824. The average molecular weight is 511 g/mol. The zero-order chi connectivity index (χ0) is 25.9. The second kappa shape index (κ2) is 13.4. The Balaban J connectivity index is 1.96. The van der Waals surface area contributed by atoms with E-state index in [0.717, 1.165) is 36.1 Å². The number of carbonyl (C=O) groups is 2. The van der Waals surface area contributed by atoms with Gasteiger partial charge in [-0.2, -0.15) is 0 Å². The molecule has 0 bridgehead atoms. The van der Waals surface area contributed by atoms with Gasteiger partial charge in [-0.15, -0.1) is 0 Å². The van der Waals surface area contributed by atoms with E-state index >= 15 is 0 Å². The van der Waals surface area contributed by atoms with Crippen LogP contribution in [0.25, 0.3) is 0 Å². The Bertz CT molecular complexity index is 920. The van der Waals surface area contributed by atoms with E-state index in [1.807, 2.05) is 24.3 Å². The van der Waals surface area contributed by atoms with Crippen molar-refractivity contribution in [3.8, 4) is 0 Å². The van der Waals surface area contributed by atoms with Crippen LogP contribution in [0.3, 0.4) is 0 Å². The molecule has 0 saturated heterocycles. The predicted molar refractivity (Wildman–Crippen MR) is 146 cm³/mol. The number of esters is 2. The van der Waals surface area contributed by atoms with Gasteiger partial charge in [0.05, 0.1) is 0 Å². The standard InChI is InChI=1S/C28H38O5Si2/c1-7-27(29)31-21-25-13-9-23(10-14-25)17-19-35(6,33-34(3,4)5)20-18-24-11-15-26(16-12-24)22-32-28(30)8-2/h7-16H,1-2,17-22H2,3-6H3. The number of hydrogen-bond donors (Lipinski definition) is 0. The maximum absolute atomic E-state index is 11.3. The Kier molecular flexibility index (Phi) is 10.9. The molecule has 0 unspecified atom stereocenters. The van der Waals surface area contributed by atoms with Crippen LogP contribution in [0.2, 0.25) is 38.3 Å². The van der Waals surface area contributed by atoms with Crippen molar-refractivity contribution in [2.24, 2.45) is 0 Å². The second-order valence-electron chi connectivity index (χ2n) is 9.92. The van der Waals surface area contributed by atoms with Gasteiger partial charge in [0.15, 0.2) is 16.6 Å². The van der Waals surface area contributed by atoms with Crippen LogP contribution in [-0.2, 0) is 49.2 Å². The molecule has 0 saturated carbocycles. The van der Waals surface area contributed by atoms with Crippen molar-refractivity contribution in [2.45, 2.75) is 64.3 Å². The van der Waals surface area contributed by atoms with Crippen molar-refractivity contribution >= 4 is 28.6 Å². The number of rotatable bonds is 14. The largest absolute Gasteiger partial charge is 0.458 e. The molecule has 0 aliphatic heterocycles. The summed E-state index contributed by atoms with van der Waals surface area (Å²) in [6.45, 7) is 16.5. The molecule has 0 aliphatic rings. The van der Waals surface area contributed by atoms with Crippen molar-refractivity contribution in [1.82, 2.24) is 0 Å². The number of ether oxygens (including phenoxy) is 2. The van der Waals surface area contributed by atoms with Gasteiger partial charge in [0.25, 0.3) is 0 Å². The second-order valence-corrected chi connectivity index (χ2v) is 18.9. The van der Waals surface area contributed by atoms with Crippen molar-refractivity contribution in [1.29, 1.82) is 0 Å². The summed E-state index contributed by atoms with van der Waals surface area (Å²) < 4.78 is 17.0. The zero-order valence-electron chi connectivity index (χ0n) is 21.5. The average Bonchev–Trinajstić information content (AvgIpc) is 2.83. The van der Waals surface area contributed by atoms with Gasteiger partial charge < -0.3 is 13.6 Å². The smallest absolute Gasteiger partial charge is 0.330 e. The molecule has 2 rings (SSSR count). The molecule has 0 radical (unpaired) electrons. The highest BCUT2D eigenvalue weighted by molar-refractivity contribution is 6.84. The minimum Gasteiger partial charge on any atom is -0.458 e. The fourth-order valence-electron chi connectivity index (χ4n) is 3.81. The van der Waals surface area contributed by atoms with Gasteiger partial charge in [-0.05, 0) is 73.4 Å². The van der Waals surface area contributed by atoms with Crippen LogP contribution in [-0.4, -0.2) is 28.6 Å². The summed E-state index contributed by atoms with van der Waals surface area (Å²) in [6, 6.07) is 18.6. The maximum atomic E-state index is 11.3. The monoisotopic (exact) mass is 510 g/mol. The first-order valence-electron chi connectivity index (χ1n) is 12.0. The Morgan fingerprint density at radius 1 is 0.686 bits per heavy atom. The van der Waals surface area contributed by atoms with Crippen LogP contribution in [0, 0.1) is 0 Å². The van der Waals surface area contributed by atoms with Crippen molar-refractivity contribution < 1.29 is 23.2 Å². The first-order valence-corrected chi connectivity index (χ1v) is 18.2. The van der Waals surface area contributed by atoms with Crippen molar-refractivity contribution in [3.05, 3.63) is 96.1 Å². The van der Waals surface area contributed by atoms with E-state index in [4.69, 9.17) is 13.6 Å². The van der Waals surface area contributed by atoms with Gasteiger partial charge in [0.2, 0.25) is 0 Å². The minimum absolute atomic E-state index is 0.256. The zero-order valence-corrected chi connectivity index (χ0v) is 23.5. The third-order valence-electron chi connectivity index (χ3n) is 5.58. The summed E-state index contributed by atoms with van der Waals surface area (Å²) in [6.07, 6.45) is 4.28. The molecule has 0 fully saturated rings. The molecule has 0 spiro atoms. The number of benzene rings is 2. The summed E-state index contributed by atoms with van der Waals surface area (Å²) >= 11 is 0. The lowest BCUT2D eigenvalue weighted by molar-refractivity contribution is -0.139. The van der Waals surface area contributed by atoms with Crippen LogP contribution in [0.15, 0.2) is 73.8 Å². The Labute approximate surface area is 212 Å². The predicted octanol–water partition coefficient (Wildman–Crippen LogP) is 6.36. The van der Waals surface area contributed by atoms with Crippen LogP contribution in [0.1, 0.15) is 22.3 Å². The van der Waals surface area contributed by atoms with Gasteiger partial charge >= 0.3 is 11.9 Å². The number of carbonyl (C=O) groups excluding carboxylic acids is 2. The van der Waals surface area contributed by atoms with Crippen LogP contribution >= 0.6 is 0 Å². The number of aryl methyl sites for hydroxylation is 2. The first-order chi connectivity index (χ1) is 16.5. The molecule has 2 aromatic rings. The van der Waals surface area contributed by atoms with Crippen molar-refractivity contribution in [3.63, 3.8) is 0 Å². The van der Waals surface area contributed by atoms with E-state index in [-0.39, 0.29) is 13.2 Å². The Morgan fingerprint density at radius 2 is 1.03 bits per heavy atom. The molecule has 0 atom stereocenters. The summed E-state index contributed by atoms with van der Waals surface area (Å²) in [4.78, 5) is 22.5. The van der Waals surface area contributed by atoms with E-state index in [1.54, 1.807) is 0 Å². The molecular weight excluding hydrogens is 472 g/mol. The highest BCUT2D eigenvalue weighted by Crippen LogP contribution is 2.27. The van der Waals surface area contributed by atoms with Gasteiger partial charge in [-0.25, -0.2) is 9.59 Å². The number of hydrogen-bond acceptors (Lipinski definition) is 5. The molecule has 5 nitrogen and oxygen atoms in total. The summed E-state index contributed by atoms with van der Waals surface area (Å²) in [5.41, 5.74) is 4.45. The fraction of sp³-hybridized carbons (Fsp3) is 0.357. The fourth-order valence-corrected chi connectivity index (χ4v) is 12.4. The van der Waals surface area contributed by atoms with E-state index < -0.39 is 28.6 Å². The lowest BCUT2D eigenvalue weighted by Crippen LogP contribution is -2.45. The molecular formula is C28H38O5Si2. The van der Waals surface area contributed by atoms with E-state index in [0.29, 0.717) is 0 Å². The van der Waals surface area contributed by atoms with Crippen LogP contribution in [0.5, 0.6) is 0 Å². The minimum atomic E-state index is -1.95. The molecule has 188 valence electrons. The molecule has 35 heavy (non-hydrogen) atoms. The third-order valence-corrected chi connectivity index (χ3v) is 12.6. The first kappa shape index (κ1) is 28.5. The van der Waals surface area contributed by atoms with Gasteiger partial charge in [0.1, 0.15) is 13.2 Å². The molecule has 0 N–H and O–H groups in total. The Morgan fingerprint density at radius 3 is 1.34 bits per heavy atom. The molecule has 2 aromatic carbocycles. The Hall–Kier alpha value is -2.75. The maximum Gasteiger partial charge on any atom is 0.330 e. The van der Waals surface area contributed by atoms with Crippen LogP contribution in [0.4, 0.5) is 0 Å². The highest BCUT2D eigenvalue weighted by Gasteiger charge is 2.33. The van der Waals surface area contributed by atoms with E-state index in [1.165, 1.54) is 23.3 Å². The summed E-state index contributed by atoms with van der Waals surface area (Å²) in [7, 11) is -3.64. The molecule has 7 heteroatoms. The topological polar surface area (TPSA) is 61.8 Å². The van der Waals surface area contributed by atoms with E-state index in [9.17, 15) is 9.59 Å². The molecule has 0 aliphatic carbocycles. The van der Waals surface area contributed by atoms with Crippen LogP contribution < -0.4 is 0 Å². The van der Waals surface area contributed by atoms with Gasteiger partial charge in [0, 0.05) is 12.2 Å². The molecule has 0 heterocycles. The molecule has 0 aromatic heterocycles. The summed E-state index contributed by atoms with van der Waals surface area (Å²) in [5, 5.41) is 0. The van der Waals surface area contributed by atoms with Crippen molar-refractivity contribution in [2.75, 3.05) is 0 Å². The molecule has 0 amide bonds. The lowest BCUT2D eigenvalue weighted by Gasteiger charge is -2.35. The normalized spacial score (nSPS) is 11.5. The van der Waals surface area contributed by atoms with E-state index in [2.05, 4.69) is 63.6 Å². The quantitative estimate of drug-likeness (QED) is 0.168.